The first-order valence-corrected chi connectivity index (χ1v) is 3.26. The third kappa shape index (κ3) is 1.53. The Morgan fingerprint density at radius 1 is 1.40 bits per heavy atom. The van der Waals surface area contributed by atoms with Gasteiger partial charge < -0.3 is 15.0 Å². The van der Waals surface area contributed by atoms with E-state index in [9.17, 15) is 4.79 Å². The number of nitrogens with zero attached hydrogens (tertiary/aromatic N) is 1. The van der Waals surface area contributed by atoms with Gasteiger partial charge in [-0.25, -0.2) is 0 Å². The van der Waals surface area contributed by atoms with Crippen LogP contribution in [0.2, 0.25) is 0 Å². The number of aldehydes is 1. The predicted molar refractivity (Wildman–Crippen MR) is 34.5 cm³/mol. The molecule has 2 N–H and O–H groups in total. The van der Waals surface area contributed by atoms with Crippen LogP contribution in [-0.4, -0.2) is 53.2 Å². The third-order valence-corrected chi connectivity index (χ3v) is 1.67. The van der Waals surface area contributed by atoms with Gasteiger partial charge in [0.2, 0.25) is 0 Å². The highest BCUT2D eigenvalue weighted by atomic mass is 16.3. The molecular formula is C6H11NO3. The quantitative estimate of drug-likeness (QED) is 0.451. The van der Waals surface area contributed by atoms with E-state index in [-0.39, 0.29) is 0 Å². The zero-order valence-electron chi connectivity index (χ0n) is 5.60. The second-order valence-corrected chi connectivity index (χ2v) is 2.52. The van der Waals surface area contributed by atoms with E-state index in [1.807, 2.05) is 0 Å². The van der Waals surface area contributed by atoms with E-state index < -0.39 is 12.2 Å². The number of aliphatic hydroxyl groups excluding tert-OH is 2. The van der Waals surface area contributed by atoms with Gasteiger partial charge in [-0.15, -0.1) is 0 Å². The molecule has 2 atom stereocenters. The van der Waals surface area contributed by atoms with Crippen LogP contribution in [0.25, 0.3) is 0 Å². The van der Waals surface area contributed by atoms with Crippen LogP contribution in [0.4, 0.5) is 0 Å². The van der Waals surface area contributed by atoms with Crippen molar-refractivity contribution in [2.45, 2.75) is 12.2 Å². The topological polar surface area (TPSA) is 60.8 Å². The molecule has 0 aliphatic carbocycles. The van der Waals surface area contributed by atoms with Crippen LogP contribution in [0.5, 0.6) is 0 Å². The number of rotatable bonds is 2. The molecule has 2 unspecified atom stereocenters. The summed E-state index contributed by atoms with van der Waals surface area (Å²) in [5, 5.41) is 18.0. The average molecular weight is 145 g/mol. The van der Waals surface area contributed by atoms with Crippen molar-refractivity contribution < 1.29 is 15.0 Å². The summed E-state index contributed by atoms with van der Waals surface area (Å²) in [7, 11) is 0. The maximum Gasteiger partial charge on any atom is 0.133 e. The minimum Gasteiger partial charge on any atom is -0.389 e. The molecule has 0 aromatic heterocycles. The highest BCUT2D eigenvalue weighted by Gasteiger charge is 2.28. The van der Waals surface area contributed by atoms with Crippen molar-refractivity contribution in [3.8, 4) is 0 Å². The Hall–Kier alpha value is -0.450. The fourth-order valence-electron chi connectivity index (χ4n) is 1.10. The van der Waals surface area contributed by atoms with Crippen LogP contribution >= 0.6 is 0 Å². The number of likely N-dealkylation sites (tertiary alicyclic amines) is 1. The molecule has 0 aromatic rings. The molecule has 58 valence electrons. The summed E-state index contributed by atoms with van der Waals surface area (Å²) in [6.07, 6.45) is -0.593. The summed E-state index contributed by atoms with van der Waals surface area (Å²) in [6.45, 7) is 1.11. The fourth-order valence-corrected chi connectivity index (χ4v) is 1.10. The van der Waals surface area contributed by atoms with Crippen molar-refractivity contribution in [1.29, 1.82) is 0 Å². The van der Waals surface area contributed by atoms with Crippen LogP contribution in [-0.2, 0) is 4.79 Å². The van der Waals surface area contributed by atoms with Crippen molar-refractivity contribution in [3.05, 3.63) is 0 Å². The van der Waals surface area contributed by atoms with Crippen molar-refractivity contribution in [2.75, 3.05) is 19.6 Å². The minimum absolute atomic E-state index is 0.300. The zero-order valence-corrected chi connectivity index (χ0v) is 5.60. The molecule has 0 spiro atoms. The van der Waals surface area contributed by atoms with Crippen LogP contribution in [0.1, 0.15) is 0 Å². The molecule has 0 aromatic carbocycles. The molecule has 1 heterocycles. The van der Waals surface area contributed by atoms with Gasteiger partial charge in [-0.3, -0.25) is 4.90 Å². The Morgan fingerprint density at radius 2 is 1.90 bits per heavy atom. The molecule has 1 saturated heterocycles. The largest absolute Gasteiger partial charge is 0.389 e. The third-order valence-electron chi connectivity index (χ3n) is 1.67. The molecule has 4 nitrogen and oxygen atoms in total. The molecule has 4 heteroatoms. The van der Waals surface area contributed by atoms with E-state index >= 15 is 0 Å². The van der Waals surface area contributed by atoms with E-state index in [0.717, 1.165) is 6.29 Å². The van der Waals surface area contributed by atoms with E-state index in [4.69, 9.17) is 10.2 Å². The number of hydrogen-bond acceptors (Lipinski definition) is 4. The lowest BCUT2D eigenvalue weighted by molar-refractivity contribution is -0.108. The fraction of sp³-hybridized carbons (Fsp3) is 0.833. The molecule has 1 rings (SSSR count). The monoisotopic (exact) mass is 145 g/mol. The molecule has 0 bridgehead atoms. The lowest BCUT2D eigenvalue weighted by Gasteiger charge is -2.08. The first-order valence-electron chi connectivity index (χ1n) is 3.26. The van der Waals surface area contributed by atoms with Crippen LogP contribution in [0, 0.1) is 0 Å². The van der Waals surface area contributed by atoms with Gasteiger partial charge in [-0.1, -0.05) is 0 Å². The molecule has 10 heavy (non-hydrogen) atoms. The Kier molecular flexibility index (Phi) is 2.37. The number of carbonyl (C=O) groups is 1. The SMILES string of the molecule is O=CCN1CC(O)C(O)C1. The van der Waals surface area contributed by atoms with E-state index in [1.165, 1.54) is 0 Å². The van der Waals surface area contributed by atoms with Gasteiger partial charge in [0.05, 0.1) is 18.8 Å². The van der Waals surface area contributed by atoms with Gasteiger partial charge in [0, 0.05) is 13.1 Å². The smallest absolute Gasteiger partial charge is 0.133 e. The van der Waals surface area contributed by atoms with Gasteiger partial charge in [0.1, 0.15) is 6.29 Å². The number of aliphatic hydroxyl groups is 2. The first kappa shape index (κ1) is 7.65. The normalized spacial score (nSPS) is 34.6. The molecule has 0 saturated carbocycles. The second kappa shape index (κ2) is 3.09. The number of carbonyl (C=O) groups excluding carboxylic acids is 1. The summed E-state index contributed by atoms with van der Waals surface area (Å²) >= 11 is 0. The van der Waals surface area contributed by atoms with Crippen LogP contribution < -0.4 is 0 Å². The Balaban J connectivity index is 2.33. The summed E-state index contributed by atoms with van der Waals surface area (Å²) in [4.78, 5) is 11.7. The van der Waals surface area contributed by atoms with Gasteiger partial charge in [0.15, 0.2) is 0 Å². The highest BCUT2D eigenvalue weighted by molar-refractivity contribution is 5.52. The predicted octanol–water partition coefficient (Wildman–Crippen LogP) is -1.78. The van der Waals surface area contributed by atoms with Crippen LogP contribution in [0.15, 0.2) is 0 Å². The number of hydrogen-bond donors (Lipinski definition) is 2. The highest BCUT2D eigenvalue weighted by Crippen LogP contribution is 2.07. The van der Waals surface area contributed by atoms with E-state index in [1.54, 1.807) is 4.90 Å². The van der Waals surface area contributed by atoms with E-state index in [0.29, 0.717) is 19.6 Å². The van der Waals surface area contributed by atoms with Gasteiger partial charge >= 0.3 is 0 Å². The maximum absolute atomic E-state index is 9.97. The van der Waals surface area contributed by atoms with Crippen molar-refractivity contribution in [3.63, 3.8) is 0 Å². The Labute approximate surface area is 59.1 Å². The standard InChI is InChI=1S/C6H11NO3/c8-2-1-7-3-5(9)6(10)4-7/h2,5-6,9-10H,1,3-4H2. The van der Waals surface area contributed by atoms with Crippen LogP contribution in [0.3, 0.4) is 0 Å². The Morgan fingerprint density at radius 3 is 2.30 bits per heavy atom. The summed E-state index contributed by atoms with van der Waals surface area (Å²) in [5.41, 5.74) is 0. The first-order chi connectivity index (χ1) is 4.74. The second-order valence-electron chi connectivity index (χ2n) is 2.52. The summed E-state index contributed by atoms with van der Waals surface area (Å²) < 4.78 is 0. The molecule has 0 amide bonds. The molecular weight excluding hydrogens is 134 g/mol. The zero-order chi connectivity index (χ0) is 7.56. The average Bonchev–Trinajstić information content (AvgIpc) is 2.14. The summed E-state index contributed by atoms with van der Waals surface area (Å²) in [6, 6.07) is 0. The molecule has 1 aliphatic rings. The minimum atomic E-state index is -0.681. The van der Waals surface area contributed by atoms with Gasteiger partial charge in [0.25, 0.3) is 0 Å². The molecule has 1 aliphatic heterocycles. The summed E-state index contributed by atoms with van der Waals surface area (Å²) in [5.74, 6) is 0. The van der Waals surface area contributed by atoms with Gasteiger partial charge in [-0.05, 0) is 0 Å². The van der Waals surface area contributed by atoms with Crippen molar-refractivity contribution >= 4 is 6.29 Å². The van der Waals surface area contributed by atoms with Crippen molar-refractivity contribution in [1.82, 2.24) is 4.90 Å². The Bertz CT molecular complexity index is 118. The maximum atomic E-state index is 9.97. The lowest BCUT2D eigenvalue weighted by Crippen LogP contribution is -2.23. The lowest BCUT2D eigenvalue weighted by atomic mass is 10.3. The van der Waals surface area contributed by atoms with E-state index in [2.05, 4.69) is 0 Å². The molecule has 1 fully saturated rings. The molecule has 0 radical (unpaired) electrons. The van der Waals surface area contributed by atoms with Gasteiger partial charge in [-0.2, -0.15) is 0 Å². The van der Waals surface area contributed by atoms with Crippen molar-refractivity contribution in [2.24, 2.45) is 0 Å². The number of β-amino-alcohol motifs (C(OH)–C–C–N with tert-alkyl or cyclic N) is 2.